The lowest BCUT2D eigenvalue weighted by atomic mass is 9.78. The summed E-state index contributed by atoms with van der Waals surface area (Å²) in [7, 11) is -2.41. The third-order valence-electron chi connectivity index (χ3n) is 7.12. The van der Waals surface area contributed by atoms with Gasteiger partial charge in [0.25, 0.3) is 15.9 Å². The Kier molecular flexibility index (Phi) is 8.94. The van der Waals surface area contributed by atoms with E-state index in [4.69, 9.17) is 0 Å². The van der Waals surface area contributed by atoms with Gasteiger partial charge in [-0.3, -0.25) is 14.4 Å². The maximum atomic E-state index is 14.0. The van der Waals surface area contributed by atoms with Crippen LogP contribution < -0.4 is 5.32 Å². The Morgan fingerprint density at radius 3 is 2.23 bits per heavy atom. The molecule has 2 heterocycles. The number of carbonyl (C=O) groups is 1. The Labute approximate surface area is 227 Å². The molecule has 1 aromatic heterocycles. The van der Waals surface area contributed by atoms with E-state index in [-0.39, 0.29) is 69.1 Å². The van der Waals surface area contributed by atoms with E-state index in [2.05, 4.69) is 15.6 Å². The molecule has 1 saturated carbocycles. The van der Waals surface area contributed by atoms with E-state index in [1.54, 1.807) is 4.90 Å². The topological polar surface area (TPSA) is 100 Å². The van der Waals surface area contributed by atoms with Gasteiger partial charge in [0.1, 0.15) is 5.82 Å². The van der Waals surface area contributed by atoms with Gasteiger partial charge in [0.2, 0.25) is 10.9 Å². The highest BCUT2D eigenvalue weighted by molar-refractivity contribution is 7.89. The second-order valence-corrected chi connectivity index (χ2v) is 11.5. The SMILES string of the molecule is Cl.Cn1cc(S(=O)(=O)N2CCN(C3(CNC(=O)c4ccc(F)cc4C(F)(F)F)CCC(F)(F)CC3)CC2)nn1. The zero-order chi connectivity index (χ0) is 27.9. The summed E-state index contributed by atoms with van der Waals surface area (Å²) in [6.07, 6.45) is -4.84. The summed E-state index contributed by atoms with van der Waals surface area (Å²) in [6.45, 7) is 0.0758. The van der Waals surface area contributed by atoms with Crippen LogP contribution in [0.3, 0.4) is 0 Å². The van der Waals surface area contributed by atoms with E-state index in [9.17, 15) is 39.6 Å². The third kappa shape index (κ3) is 6.66. The number of rotatable bonds is 6. The summed E-state index contributed by atoms with van der Waals surface area (Å²) < 4.78 is 110. The van der Waals surface area contributed by atoms with Gasteiger partial charge in [-0.05, 0) is 31.0 Å². The van der Waals surface area contributed by atoms with Crippen molar-refractivity contribution in [1.29, 1.82) is 0 Å². The van der Waals surface area contributed by atoms with Crippen molar-refractivity contribution in [2.45, 2.75) is 48.3 Å². The molecule has 1 aliphatic heterocycles. The molecular formula is C22H27ClF6N6O3S. The summed E-state index contributed by atoms with van der Waals surface area (Å²) >= 11 is 0. The molecule has 2 aromatic rings. The van der Waals surface area contributed by atoms with Crippen molar-refractivity contribution in [3.05, 3.63) is 41.3 Å². The Bertz CT molecular complexity index is 1290. The fourth-order valence-corrected chi connectivity index (χ4v) is 6.29. The predicted molar refractivity (Wildman–Crippen MR) is 128 cm³/mol. The van der Waals surface area contributed by atoms with Gasteiger partial charge < -0.3 is 5.32 Å². The molecule has 0 bridgehead atoms. The van der Waals surface area contributed by atoms with Crippen LogP contribution in [0.2, 0.25) is 0 Å². The molecule has 218 valence electrons. The molecule has 4 rings (SSSR count). The number of benzene rings is 1. The number of nitrogens with zero attached hydrogens (tertiary/aromatic N) is 5. The van der Waals surface area contributed by atoms with Crippen molar-refractivity contribution in [3.63, 3.8) is 0 Å². The number of halogens is 7. The summed E-state index contributed by atoms with van der Waals surface area (Å²) in [5, 5.41) is 9.48. The number of alkyl halides is 5. The molecule has 1 aliphatic carbocycles. The van der Waals surface area contributed by atoms with Crippen molar-refractivity contribution >= 4 is 28.3 Å². The lowest BCUT2D eigenvalue weighted by molar-refractivity contribution is -0.138. The average Bonchev–Trinajstić information content (AvgIpc) is 3.30. The Morgan fingerprint density at radius 1 is 1.08 bits per heavy atom. The highest BCUT2D eigenvalue weighted by Crippen LogP contribution is 2.42. The van der Waals surface area contributed by atoms with Crippen LogP contribution in [-0.2, 0) is 23.2 Å². The van der Waals surface area contributed by atoms with Gasteiger partial charge in [-0.15, -0.1) is 17.5 Å². The first-order valence-corrected chi connectivity index (χ1v) is 13.2. The molecule has 0 atom stereocenters. The van der Waals surface area contributed by atoms with Crippen LogP contribution in [-0.4, -0.2) is 82.7 Å². The standard InChI is InChI=1S/C22H26F6N6O3S.ClH/c1-32-13-18(30-31-32)38(36,37)34-10-8-33(9-11-34)20(4-6-21(24,25)7-5-20)14-29-19(35)16-3-2-15(23)12-17(16)22(26,27)28;/h2-3,12-13H,4-11,14H2,1H3,(H,29,35);1H. The van der Waals surface area contributed by atoms with Crippen LogP contribution in [0, 0.1) is 5.82 Å². The van der Waals surface area contributed by atoms with E-state index in [0.29, 0.717) is 0 Å². The molecule has 17 heteroatoms. The zero-order valence-corrected chi connectivity index (χ0v) is 22.4. The number of aryl methyl sites for hydroxylation is 1. The van der Waals surface area contributed by atoms with Crippen LogP contribution in [0.4, 0.5) is 26.3 Å². The number of hydrogen-bond acceptors (Lipinski definition) is 6. The Balaban J connectivity index is 0.00000420. The molecule has 2 aliphatic rings. The second-order valence-electron chi connectivity index (χ2n) is 9.57. The van der Waals surface area contributed by atoms with Crippen molar-refractivity contribution in [2.75, 3.05) is 32.7 Å². The number of hydrogen-bond donors (Lipinski definition) is 1. The lowest BCUT2D eigenvalue weighted by Gasteiger charge is -2.50. The van der Waals surface area contributed by atoms with Gasteiger partial charge in [0, 0.05) is 58.2 Å². The first kappa shape index (κ1) is 31.1. The van der Waals surface area contributed by atoms with Crippen LogP contribution in [0.25, 0.3) is 0 Å². The van der Waals surface area contributed by atoms with Gasteiger partial charge in [-0.25, -0.2) is 21.6 Å². The Hall–Kier alpha value is -2.43. The highest BCUT2D eigenvalue weighted by Gasteiger charge is 2.48. The summed E-state index contributed by atoms with van der Waals surface area (Å²) in [5.41, 5.74) is -3.25. The van der Waals surface area contributed by atoms with Crippen molar-refractivity contribution in [1.82, 2.24) is 29.5 Å². The molecule has 0 spiro atoms. The minimum Gasteiger partial charge on any atom is -0.350 e. The van der Waals surface area contributed by atoms with Crippen molar-refractivity contribution in [2.24, 2.45) is 7.05 Å². The molecule has 1 saturated heterocycles. The van der Waals surface area contributed by atoms with Crippen LogP contribution >= 0.6 is 12.4 Å². The molecule has 1 amide bonds. The van der Waals surface area contributed by atoms with Crippen LogP contribution in [0.15, 0.2) is 29.4 Å². The highest BCUT2D eigenvalue weighted by atomic mass is 35.5. The Morgan fingerprint density at radius 2 is 1.69 bits per heavy atom. The minimum absolute atomic E-state index is 0. The molecule has 2 fully saturated rings. The quantitative estimate of drug-likeness (QED) is 0.509. The van der Waals surface area contributed by atoms with Crippen molar-refractivity contribution < 1.29 is 39.6 Å². The number of sulfonamides is 1. The van der Waals surface area contributed by atoms with Gasteiger partial charge >= 0.3 is 6.18 Å². The fourth-order valence-electron chi connectivity index (χ4n) is 4.95. The number of nitrogens with one attached hydrogen (secondary N) is 1. The molecule has 39 heavy (non-hydrogen) atoms. The van der Waals surface area contributed by atoms with E-state index >= 15 is 0 Å². The molecular weight excluding hydrogens is 578 g/mol. The van der Waals surface area contributed by atoms with E-state index < -0.39 is 63.4 Å². The van der Waals surface area contributed by atoms with E-state index in [1.165, 1.54) is 22.2 Å². The number of aromatic nitrogens is 3. The average molecular weight is 605 g/mol. The van der Waals surface area contributed by atoms with Crippen LogP contribution in [0.5, 0.6) is 0 Å². The number of carbonyl (C=O) groups excluding carboxylic acids is 1. The van der Waals surface area contributed by atoms with Gasteiger partial charge in [0.05, 0.1) is 17.3 Å². The summed E-state index contributed by atoms with van der Waals surface area (Å²) in [4.78, 5) is 14.6. The maximum Gasteiger partial charge on any atom is 0.417 e. The molecule has 1 aromatic carbocycles. The molecule has 0 radical (unpaired) electrons. The van der Waals surface area contributed by atoms with E-state index in [0.717, 1.165) is 12.1 Å². The van der Waals surface area contributed by atoms with Gasteiger partial charge in [-0.1, -0.05) is 5.21 Å². The normalized spacial score (nSPS) is 20.3. The zero-order valence-electron chi connectivity index (χ0n) is 20.7. The largest absolute Gasteiger partial charge is 0.417 e. The van der Waals surface area contributed by atoms with Crippen molar-refractivity contribution in [3.8, 4) is 0 Å². The smallest absolute Gasteiger partial charge is 0.350 e. The summed E-state index contributed by atoms with van der Waals surface area (Å²) in [5.74, 6) is -5.20. The van der Waals surface area contributed by atoms with Gasteiger partial charge in [-0.2, -0.15) is 17.5 Å². The lowest BCUT2D eigenvalue weighted by Crippen LogP contribution is -2.63. The monoisotopic (exact) mass is 604 g/mol. The minimum atomic E-state index is -4.98. The second kappa shape index (κ2) is 11.2. The first-order valence-electron chi connectivity index (χ1n) is 11.8. The predicted octanol–water partition coefficient (Wildman–Crippen LogP) is 3.08. The van der Waals surface area contributed by atoms with Gasteiger partial charge in [0.15, 0.2) is 0 Å². The molecule has 0 unspecified atom stereocenters. The first-order chi connectivity index (χ1) is 17.6. The van der Waals surface area contributed by atoms with E-state index in [1.807, 2.05) is 0 Å². The third-order valence-corrected chi connectivity index (χ3v) is 8.88. The fraction of sp³-hybridized carbons (Fsp3) is 0.591. The summed E-state index contributed by atoms with van der Waals surface area (Å²) in [6, 6.07) is 1.69. The number of piperazine rings is 1. The molecule has 9 nitrogen and oxygen atoms in total. The number of amides is 1. The van der Waals surface area contributed by atoms with Crippen LogP contribution in [0.1, 0.15) is 41.6 Å². The molecule has 1 N–H and O–H groups in total. The maximum absolute atomic E-state index is 14.0.